The van der Waals surface area contributed by atoms with Gasteiger partial charge in [-0.1, -0.05) is 18.2 Å². The number of Topliss-reactive ketones (excluding diaryl/α,β-unsaturated/α-hetero) is 1. The fraction of sp³-hybridized carbons (Fsp3) is 0.250. The van der Waals surface area contributed by atoms with Crippen LogP contribution in [0.25, 0.3) is 0 Å². The predicted molar refractivity (Wildman–Crippen MR) is 75.4 cm³/mol. The smallest absolute Gasteiger partial charge is 0.166 e. The maximum atomic E-state index is 11.9. The largest absolute Gasteiger partial charge is 0.366 e. The molecule has 0 spiro atoms. The summed E-state index contributed by atoms with van der Waals surface area (Å²) >= 11 is 0. The Morgan fingerprint density at radius 3 is 2.95 bits per heavy atom. The molecule has 2 heterocycles. The lowest BCUT2D eigenvalue weighted by Gasteiger charge is -2.30. The molecule has 1 aromatic heterocycles. The van der Waals surface area contributed by atoms with Crippen LogP contribution in [0, 0.1) is 6.92 Å². The van der Waals surface area contributed by atoms with Crippen molar-refractivity contribution in [2.45, 2.75) is 19.9 Å². The summed E-state index contributed by atoms with van der Waals surface area (Å²) in [6, 6.07) is 9.99. The number of hydrogen-bond donors (Lipinski definition) is 0. The summed E-state index contributed by atoms with van der Waals surface area (Å²) in [4.78, 5) is 18.4. The number of pyridine rings is 1. The third-order valence-corrected chi connectivity index (χ3v) is 3.46. The van der Waals surface area contributed by atoms with E-state index in [-0.39, 0.29) is 5.78 Å². The normalized spacial score (nSPS) is 14.4. The Hall–Kier alpha value is -2.16. The molecule has 1 aliphatic heterocycles. The van der Waals surface area contributed by atoms with Crippen LogP contribution in [0.4, 0.5) is 5.69 Å². The van der Waals surface area contributed by atoms with Crippen LogP contribution in [0.1, 0.15) is 27.9 Å². The highest BCUT2D eigenvalue weighted by molar-refractivity contribution is 6.03. The minimum atomic E-state index is 0.245. The van der Waals surface area contributed by atoms with Gasteiger partial charge in [-0.2, -0.15) is 0 Å². The van der Waals surface area contributed by atoms with Crippen molar-refractivity contribution in [3.63, 3.8) is 0 Å². The van der Waals surface area contributed by atoms with Crippen molar-refractivity contribution in [1.82, 2.24) is 4.98 Å². The van der Waals surface area contributed by atoms with Crippen molar-refractivity contribution in [2.24, 2.45) is 0 Å². The first-order valence-corrected chi connectivity index (χ1v) is 6.52. The van der Waals surface area contributed by atoms with Crippen molar-refractivity contribution in [1.29, 1.82) is 0 Å². The van der Waals surface area contributed by atoms with Crippen LogP contribution in [-0.2, 0) is 6.54 Å². The Labute approximate surface area is 112 Å². The number of anilines is 1. The number of aryl methyl sites for hydroxylation is 1. The molecule has 0 amide bonds. The summed E-state index contributed by atoms with van der Waals surface area (Å²) in [5.41, 5.74) is 4.23. The quantitative estimate of drug-likeness (QED) is 0.823. The first kappa shape index (κ1) is 11.9. The van der Waals surface area contributed by atoms with Crippen molar-refractivity contribution in [2.75, 3.05) is 11.4 Å². The number of carbonyl (C=O) groups excluding carboxylic acids is 1. The summed E-state index contributed by atoms with van der Waals surface area (Å²) < 4.78 is 0. The van der Waals surface area contributed by atoms with Crippen molar-refractivity contribution >= 4 is 11.5 Å². The molecule has 1 aliphatic rings. The zero-order valence-electron chi connectivity index (χ0n) is 11.0. The Morgan fingerprint density at radius 1 is 1.26 bits per heavy atom. The molecule has 0 saturated heterocycles. The summed E-state index contributed by atoms with van der Waals surface area (Å²) in [6.45, 7) is 3.63. The summed E-state index contributed by atoms with van der Waals surface area (Å²) in [6.07, 6.45) is 4.35. The van der Waals surface area contributed by atoms with Crippen LogP contribution in [0.2, 0.25) is 0 Å². The minimum Gasteiger partial charge on any atom is -0.366 e. The van der Waals surface area contributed by atoms with Gasteiger partial charge in [0, 0.05) is 43.2 Å². The van der Waals surface area contributed by atoms with Gasteiger partial charge in [0.1, 0.15) is 0 Å². The Kier molecular flexibility index (Phi) is 3.03. The van der Waals surface area contributed by atoms with Gasteiger partial charge in [0.05, 0.1) is 0 Å². The van der Waals surface area contributed by atoms with Gasteiger partial charge in [-0.15, -0.1) is 0 Å². The van der Waals surface area contributed by atoms with E-state index in [4.69, 9.17) is 0 Å². The maximum Gasteiger partial charge on any atom is 0.166 e. The minimum absolute atomic E-state index is 0.245. The number of fused-ring (bicyclic) bond motifs is 1. The van der Waals surface area contributed by atoms with E-state index in [9.17, 15) is 4.79 Å². The van der Waals surface area contributed by atoms with Crippen LogP contribution in [0.15, 0.2) is 42.7 Å². The van der Waals surface area contributed by atoms with Crippen molar-refractivity contribution < 1.29 is 4.79 Å². The van der Waals surface area contributed by atoms with Crippen LogP contribution in [-0.4, -0.2) is 17.3 Å². The molecule has 96 valence electrons. The zero-order chi connectivity index (χ0) is 13.2. The molecule has 3 nitrogen and oxygen atoms in total. The van der Waals surface area contributed by atoms with Gasteiger partial charge in [-0.3, -0.25) is 9.78 Å². The maximum absolute atomic E-state index is 11.9. The zero-order valence-corrected chi connectivity index (χ0v) is 11.0. The Bertz CT molecular complexity index is 622. The molecule has 0 radical (unpaired) electrons. The van der Waals surface area contributed by atoms with E-state index < -0.39 is 0 Å². The van der Waals surface area contributed by atoms with Gasteiger partial charge >= 0.3 is 0 Å². The lowest BCUT2D eigenvalue weighted by molar-refractivity contribution is 0.0979. The molecule has 19 heavy (non-hydrogen) atoms. The molecule has 0 fully saturated rings. The molecule has 3 heteroatoms. The number of carbonyl (C=O) groups is 1. The van der Waals surface area contributed by atoms with E-state index in [2.05, 4.69) is 16.0 Å². The predicted octanol–water partition coefficient (Wildman–Crippen LogP) is 2.98. The first-order valence-electron chi connectivity index (χ1n) is 6.52. The second-order valence-electron chi connectivity index (χ2n) is 4.98. The van der Waals surface area contributed by atoms with Crippen LogP contribution in [0.5, 0.6) is 0 Å². The van der Waals surface area contributed by atoms with E-state index in [1.807, 2.05) is 43.6 Å². The van der Waals surface area contributed by atoms with E-state index in [0.29, 0.717) is 6.42 Å². The molecule has 1 aromatic carbocycles. The third kappa shape index (κ3) is 2.36. The molecule has 0 N–H and O–H groups in total. The standard InChI is InChI=1S/C16H16N2O/c1-12-8-13(10-17-9-12)11-18-7-6-16(19)14-4-2-3-5-15(14)18/h2-5,8-10H,6-7,11H2,1H3. The number of benzene rings is 1. The van der Waals surface area contributed by atoms with Gasteiger partial charge in [-0.25, -0.2) is 0 Å². The van der Waals surface area contributed by atoms with E-state index >= 15 is 0 Å². The topological polar surface area (TPSA) is 33.2 Å². The first-order chi connectivity index (χ1) is 9.24. The fourth-order valence-corrected chi connectivity index (χ4v) is 2.57. The van der Waals surface area contributed by atoms with E-state index in [1.165, 1.54) is 11.1 Å². The third-order valence-electron chi connectivity index (χ3n) is 3.46. The SMILES string of the molecule is Cc1cncc(CN2CCC(=O)c3ccccc32)c1. The number of nitrogens with zero attached hydrogens (tertiary/aromatic N) is 2. The summed E-state index contributed by atoms with van der Waals surface area (Å²) in [7, 11) is 0. The molecule has 0 bridgehead atoms. The van der Waals surface area contributed by atoms with Gasteiger partial charge in [0.25, 0.3) is 0 Å². The highest BCUT2D eigenvalue weighted by atomic mass is 16.1. The number of rotatable bonds is 2. The molecule has 0 unspecified atom stereocenters. The monoisotopic (exact) mass is 252 g/mol. The number of aromatic nitrogens is 1. The molecule has 0 saturated carbocycles. The molecule has 0 atom stereocenters. The summed E-state index contributed by atoms with van der Waals surface area (Å²) in [5, 5.41) is 0. The summed E-state index contributed by atoms with van der Waals surface area (Å²) in [5.74, 6) is 0.245. The van der Waals surface area contributed by atoms with Crippen LogP contribution < -0.4 is 4.90 Å². The van der Waals surface area contributed by atoms with Gasteiger partial charge in [0.2, 0.25) is 0 Å². The Morgan fingerprint density at radius 2 is 2.11 bits per heavy atom. The van der Waals surface area contributed by atoms with Gasteiger partial charge in [-0.05, 0) is 30.2 Å². The highest BCUT2D eigenvalue weighted by Gasteiger charge is 2.22. The van der Waals surface area contributed by atoms with E-state index in [0.717, 1.165) is 24.3 Å². The average Bonchev–Trinajstić information content (AvgIpc) is 2.42. The lowest BCUT2D eigenvalue weighted by atomic mass is 10.00. The lowest BCUT2D eigenvalue weighted by Crippen LogP contribution is -2.31. The number of para-hydroxylation sites is 1. The van der Waals surface area contributed by atoms with Crippen molar-refractivity contribution in [3.8, 4) is 0 Å². The van der Waals surface area contributed by atoms with Crippen LogP contribution >= 0.6 is 0 Å². The Balaban J connectivity index is 1.91. The van der Waals surface area contributed by atoms with E-state index in [1.54, 1.807) is 0 Å². The second kappa shape index (κ2) is 4.84. The second-order valence-corrected chi connectivity index (χ2v) is 4.98. The molecular weight excluding hydrogens is 236 g/mol. The van der Waals surface area contributed by atoms with Crippen molar-refractivity contribution in [3.05, 3.63) is 59.4 Å². The fourth-order valence-electron chi connectivity index (χ4n) is 2.57. The molecule has 0 aliphatic carbocycles. The average molecular weight is 252 g/mol. The number of ketones is 1. The molecular formula is C16H16N2O. The molecule has 3 rings (SSSR count). The highest BCUT2D eigenvalue weighted by Crippen LogP contribution is 2.27. The van der Waals surface area contributed by atoms with Crippen LogP contribution in [0.3, 0.4) is 0 Å². The van der Waals surface area contributed by atoms with Gasteiger partial charge < -0.3 is 4.90 Å². The molecule has 2 aromatic rings. The van der Waals surface area contributed by atoms with Gasteiger partial charge in [0.15, 0.2) is 5.78 Å². The number of hydrogen-bond acceptors (Lipinski definition) is 3.